The molecule has 0 saturated heterocycles. The maximum atomic E-state index is 5.75. The molecular formula is C16H12N4O. The normalized spacial score (nSPS) is 13.0. The van der Waals surface area contributed by atoms with E-state index in [1.54, 1.807) is 6.21 Å². The highest BCUT2D eigenvalue weighted by Gasteiger charge is 2.11. The van der Waals surface area contributed by atoms with E-state index in [0.29, 0.717) is 5.95 Å². The van der Waals surface area contributed by atoms with E-state index in [-0.39, 0.29) is 0 Å². The lowest BCUT2D eigenvalue weighted by atomic mass is 10.0. The first-order chi connectivity index (χ1) is 10.3. The van der Waals surface area contributed by atoms with Gasteiger partial charge >= 0.3 is 0 Å². The van der Waals surface area contributed by atoms with Crippen LogP contribution in [-0.4, -0.2) is 16.2 Å². The van der Waals surface area contributed by atoms with Crippen LogP contribution in [0.25, 0.3) is 28.2 Å². The molecule has 0 amide bonds. The minimum Gasteiger partial charge on any atom is -0.369 e. The Morgan fingerprint density at radius 1 is 1.14 bits per heavy atom. The van der Waals surface area contributed by atoms with Gasteiger partial charge in [0.1, 0.15) is 0 Å². The fourth-order valence-electron chi connectivity index (χ4n) is 2.48. The van der Waals surface area contributed by atoms with Crippen LogP contribution >= 0.6 is 0 Å². The molecule has 102 valence electrons. The maximum Gasteiger partial charge on any atom is 0.198 e. The van der Waals surface area contributed by atoms with Gasteiger partial charge in [0.15, 0.2) is 11.7 Å². The van der Waals surface area contributed by atoms with Crippen molar-refractivity contribution in [2.75, 3.05) is 5.73 Å². The Morgan fingerprint density at radius 3 is 3.05 bits per heavy atom. The van der Waals surface area contributed by atoms with Crippen LogP contribution in [-0.2, 0) is 0 Å². The summed E-state index contributed by atoms with van der Waals surface area (Å²) in [6.45, 7) is 0. The molecule has 2 aromatic carbocycles. The van der Waals surface area contributed by atoms with Crippen molar-refractivity contribution in [3.8, 4) is 16.9 Å². The van der Waals surface area contributed by atoms with Gasteiger partial charge < -0.3 is 15.6 Å². The SMILES string of the molecule is Nc1nc2c(-c3ccc4c(c3)C=CC=NO4)cccc2[nH]1. The number of allylic oxidation sites excluding steroid dienone is 1. The Kier molecular flexibility index (Phi) is 2.50. The van der Waals surface area contributed by atoms with E-state index >= 15 is 0 Å². The van der Waals surface area contributed by atoms with Gasteiger partial charge in [0, 0.05) is 11.1 Å². The van der Waals surface area contributed by atoms with Crippen molar-refractivity contribution in [2.24, 2.45) is 5.16 Å². The molecule has 1 aromatic heterocycles. The molecule has 0 unspecified atom stereocenters. The molecule has 0 spiro atoms. The number of anilines is 1. The highest BCUT2D eigenvalue weighted by molar-refractivity contribution is 5.93. The minimum absolute atomic E-state index is 0.420. The number of nitrogen functional groups attached to an aromatic ring is 1. The molecule has 0 bridgehead atoms. The summed E-state index contributed by atoms with van der Waals surface area (Å²) in [6, 6.07) is 11.9. The fourth-order valence-corrected chi connectivity index (χ4v) is 2.48. The van der Waals surface area contributed by atoms with Crippen molar-refractivity contribution in [2.45, 2.75) is 0 Å². The molecular weight excluding hydrogens is 264 g/mol. The van der Waals surface area contributed by atoms with Gasteiger partial charge in [-0.15, -0.1) is 0 Å². The number of para-hydroxylation sites is 1. The summed E-state index contributed by atoms with van der Waals surface area (Å²) in [4.78, 5) is 12.7. The van der Waals surface area contributed by atoms with Crippen LogP contribution in [0.15, 0.2) is 47.6 Å². The maximum absolute atomic E-state index is 5.75. The number of H-pyrrole nitrogens is 1. The zero-order valence-corrected chi connectivity index (χ0v) is 11.1. The van der Waals surface area contributed by atoms with Crippen LogP contribution in [0.2, 0.25) is 0 Å². The number of aromatic nitrogens is 2. The van der Waals surface area contributed by atoms with Gasteiger partial charge in [-0.2, -0.15) is 0 Å². The van der Waals surface area contributed by atoms with Crippen LogP contribution in [0.1, 0.15) is 5.56 Å². The number of nitrogens with two attached hydrogens (primary N) is 1. The average Bonchev–Trinajstić information content (AvgIpc) is 2.73. The number of nitrogens with one attached hydrogen (secondary N) is 1. The number of rotatable bonds is 1. The third-order valence-electron chi connectivity index (χ3n) is 3.43. The van der Waals surface area contributed by atoms with Crippen LogP contribution < -0.4 is 10.6 Å². The van der Waals surface area contributed by atoms with Crippen molar-refractivity contribution in [3.63, 3.8) is 0 Å². The monoisotopic (exact) mass is 276 g/mol. The molecule has 21 heavy (non-hydrogen) atoms. The summed E-state index contributed by atoms with van der Waals surface area (Å²) >= 11 is 0. The Balaban J connectivity index is 1.91. The van der Waals surface area contributed by atoms with E-state index in [4.69, 9.17) is 10.6 Å². The van der Waals surface area contributed by atoms with Crippen molar-refractivity contribution in [3.05, 3.63) is 48.0 Å². The zero-order valence-electron chi connectivity index (χ0n) is 11.1. The number of hydrogen-bond donors (Lipinski definition) is 2. The van der Waals surface area contributed by atoms with Crippen LogP contribution in [0.5, 0.6) is 5.75 Å². The molecule has 0 fully saturated rings. The van der Waals surface area contributed by atoms with Gasteiger partial charge in [0.2, 0.25) is 0 Å². The van der Waals surface area contributed by atoms with Gasteiger partial charge in [-0.3, -0.25) is 0 Å². The summed E-state index contributed by atoms with van der Waals surface area (Å²) in [5.74, 6) is 1.15. The summed E-state index contributed by atoms with van der Waals surface area (Å²) in [7, 11) is 0. The number of oxime groups is 1. The molecule has 5 nitrogen and oxygen atoms in total. The van der Waals surface area contributed by atoms with Crippen molar-refractivity contribution in [1.29, 1.82) is 0 Å². The molecule has 1 aliphatic rings. The Morgan fingerprint density at radius 2 is 2.10 bits per heavy atom. The van der Waals surface area contributed by atoms with Gasteiger partial charge in [0.05, 0.1) is 17.2 Å². The second-order valence-electron chi connectivity index (χ2n) is 4.78. The third kappa shape index (κ3) is 1.95. The smallest absolute Gasteiger partial charge is 0.198 e. The lowest BCUT2D eigenvalue weighted by Gasteiger charge is -2.07. The first kappa shape index (κ1) is 11.7. The number of imidazole rings is 1. The van der Waals surface area contributed by atoms with E-state index in [1.807, 2.05) is 42.5 Å². The van der Waals surface area contributed by atoms with Crippen LogP contribution in [0.4, 0.5) is 5.95 Å². The second kappa shape index (κ2) is 4.49. The van der Waals surface area contributed by atoms with E-state index in [0.717, 1.165) is 33.5 Å². The summed E-state index contributed by atoms with van der Waals surface area (Å²) in [5.41, 5.74) is 10.6. The van der Waals surface area contributed by atoms with Gasteiger partial charge in [-0.05, 0) is 35.9 Å². The topological polar surface area (TPSA) is 76.3 Å². The number of aromatic amines is 1. The van der Waals surface area contributed by atoms with E-state index in [2.05, 4.69) is 21.2 Å². The first-order valence-corrected chi connectivity index (χ1v) is 6.57. The van der Waals surface area contributed by atoms with E-state index < -0.39 is 0 Å². The molecule has 2 heterocycles. The fraction of sp³-hybridized carbons (Fsp3) is 0. The molecule has 4 rings (SSSR count). The lowest BCUT2D eigenvalue weighted by Crippen LogP contribution is -1.87. The minimum atomic E-state index is 0.420. The highest BCUT2D eigenvalue weighted by atomic mass is 16.6. The molecule has 0 aliphatic carbocycles. The largest absolute Gasteiger partial charge is 0.369 e. The lowest BCUT2D eigenvalue weighted by molar-refractivity contribution is 0.344. The van der Waals surface area contributed by atoms with Crippen molar-refractivity contribution in [1.82, 2.24) is 9.97 Å². The highest BCUT2D eigenvalue weighted by Crippen LogP contribution is 2.32. The molecule has 1 aliphatic heterocycles. The predicted molar refractivity (Wildman–Crippen MR) is 84.1 cm³/mol. The van der Waals surface area contributed by atoms with Crippen molar-refractivity contribution < 1.29 is 4.84 Å². The van der Waals surface area contributed by atoms with Gasteiger partial charge in [-0.25, -0.2) is 4.98 Å². The number of nitrogens with zero attached hydrogens (tertiary/aromatic N) is 2. The van der Waals surface area contributed by atoms with Crippen LogP contribution in [0.3, 0.4) is 0 Å². The predicted octanol–water partition coefficient (Wildman–Crippen LogP) is 3.20. The number of hydrogen-bond acceptors (Lipinski definition) is 4. The quantitative estimate of drug-likeness (QED) is 0.716. The molecule has 3 N–H and O–H groups in total. The van der Waals surface area contributed by atoms with E-state index in [9.17, 15) is 0 Å². The van der Waals surface area contributed by atoms with E-state index in [1.165, 1.54) is 0 Å². The summed E-state index contributed by atoms with van der Waals surface area (Å²) in [5, 5.41) is 3.82. The summed E-state index contributed by atoms with van der Waals surface area (Å²) in [6.07, 6.45) is 5.44. The first-order valence-electron chi connectivity index (χ1n) is 6.57. The molecule has 5 heteroatoms. The molecule has 0 saturated carbocycles. The molecule has 0 radical (unpaired) electrons. The second-order valence-corrected chi connectivity index (χ2v) is 4.78. The zero-order chi connectivity index (χ0) is 14.2. The van der Waals surface area contributed by atoms with Gasteiger partial charge in [0.25, 0.3) is 0 Å². The molecule has 3 aromatic rings. The number of fused-ring (bicyclic) bond motifs is 2. The van der Waals surface area contributed by atoms with Gasteiger partial charge in [-0.1, -0.05) is 23.4 Å². The standard InChI is InChI=1S/C16H12N4O/c17-16-19-13-5-1-4-12(15(13)20-16)10-6-7-14-11(9-10)3-2-8-18-21-14/h1-9H,(H3,17,19,20). The Hall–Kier alpha value is -3.08. The molecule has 0 atom stereocenters. The Bertz CT molecular complexity index is 892. The van der Waals surface area contributed by atoms with Crippen LogP contribution in [0, 0.1) is 0 Å². The van der Waals surface area contributed by atoms with Crippen molar-refractivity contribution >= 4 is 29.3 Å². The summed E-state index contributed by atoms with van der Waals surface area (Å²) < 4.78 is 0. The average molecular weight is 276 g/mol. The Labute approximate surface area is 120 Å². The third-order valence-corrected chi connectivity index (χ3v) is 3.43. The number of benzene rings is 2.